The van der Waals surface area contributed by atoms with Gasteiger partial charge in [-0.3, -0.25) is 14.4 Å². The van der Waals surface area contributed by atoms with Gasteiger partial charge in [0.1, 0.15) is 6.04 Å². The molecule has 2 heterocycles. The van der Waals surface area contributed by atoms with Crippen molar-refractivity contribution in [3.8, 4) is 0 Å². The van der Waals surface area contributed by atoms with Gasteiger partial charge in [-0.1, -0.05) is 19.1 Å². The topological polar surface area (TPSA) is 66.9 Å². The second-order valence-corrected chi connectivity index (χ2v) is 6.61. The van der Waals surface area contributed by atoms with Crippen molar-refractivity contribution in [3.63, 3.8) is 0 Å². The van der Waals surface area contributed by atoms with E-state index in [1.807, 2.05) is 19.1 Å². The van der Waals surface area contributed by atoms with Crippen LogP contribution in [0.3, 0.4) is 0 Å². The van der Waals surface area contributed by atoms with Crippen molar-refractivity contribution in [2.45, 2.75) is 51.7 Å². The highest BCUT2D eigenvalue weighted by Gasteiger charge is 2.44. The highest BCUT2D eigenvalue weighted by molar-refractivity contribution is 6.22. The zero-order valence-electron chi connectivity index (χ0n) is 14.7. The summed E-state index contributed by atoms with van der Waals surface area (Å²) < 4.78 is 5.59. The molecule has 1 aromatic carbocycles. The van der Waals surface area contributed by atoms with Gasteiger partial charge in [-0.25, -0.2) is 4.90 Å². The SMILES string of the molecule is CCc1ccc(N2C(=O)C[C@H](N(C[C@@H]3CCCO3)C(C)=O)C2=O)cc1. The minimum absolute atomic E-state index is 0.0284. The van der Waals surface area contributed by atoms with E-state index in [2.05, 4.69) is 0 Å². The molecular formula is C19H24N2O4. The maximum Gasteiger partial charge on any atom is 0.257 e. The number of ether oxygens (including phenoxy) is 1. The number of rotatable bonds is 5. The summed E-state index contributed by atoms with van der Waals surface area (Å²) >= 11 is 0. The Balaban J connectivity index is 1.79. The number of carbonyl (C=O) groups is 3. The maximum atomic E-state index is 12.9. The van der Waals surface area contributed by atoms with E-state index in [1.165, 1.54) is 16.7 Å². The van der Waals surface area contributed by atoms with Gasteiger partial charge in [0.15, 0.2) is 0 Å². The first kappa shape index (κ1) is 17.6. The molecule has 0 bridgehead atoms. The van der Waals surface area contributed by atoms with Crippen molar-refractivity contribution in [3.05, 3.63) is 29.8 Å². The Hall–Kier alpha value is -2.21. The van der Waals surface area contributed by atoms with Gasteiger partial charge in [0.2, 0.25) is 11.8 Å². The molecule has 0 radical (unpaired) electrons. The quantitative estimate of drug-likeness (QED) is 0.765. The number of benzene rings is 1. The van der Waals surface area contributed by atoms with Gasteiger partial charge in [-0.05, 0) is 37.0 Å². The Morgan fingerprint density at radius 3 is 2.56 bits per heavy atom. The first-order chi connectivity index (χ1) is 12.0. The molecule has 3 amide bonds. The Morgan fingerprint density at radius 2 is 2.00 bits per heavy atom. The van der Waals surface area contributed by atoms with Crippen LogP contribution < -0.4 is 4.90 Å². The average Bonchev–Trinajstić information content (AvgIpc) is 3.20. The second kappa shape index (κ2) is 7.35. The average molecular weight is 344 g/mol. The van der Waals surface area contributed by atoms with Crippen LogP contribution in [-0.2, 0) is 25.5 Å². The molecule has 2 aliphatic rings. The van der Waals surface area contributed by atoms with E-state index in [9.17, 15) is 14.4 Å². The lowest BCUT2D eigenvalue weighted by molar-refractivity contribution is -0.138. The molecule has 2 atom stereocenters. The summed E-state index contributed by atoms with van der Waals surface area (Å²) in [4.78, 5) is 40.1. The van der Waals surface area contributed by atoms with Gasteiger partial charge in [0.25, 0.3) is 5.91 Å². The fraction of sp³-hybridized carbons (Fsp3) is 0.526. The van der Waals surface area contributed by atoms with Gasteiger partial charge in [0, 0.05) is 20.1 Å². The largest absolute Gasteiger partial charge is 0.376 e. The molecule has 6 nitrogen and oxygen atoms in total. The second-order valence-electron chi connectivity index (χ2n) is 6.61. The number of imide groups is 1. The Kier molecular flexibility index (Phi) is 5.18. The number of anilines is 1. The summed E-state index contributed by atoms with van der Waals surface area (Å²) in [7, 11) is 0. The van der Waals surface area contributed by atoms with Crippen molar-refractivity contribution in [2.75, 3.05) is 18.1 Å². The number of hydrogen-bond acceptors (Lipinski definition) is 4. The molecule has 134 valence electrons. The summed E-state index contributed by atoms with van der Waals surface area (Å²) in [6.45, 7) is 4.53. The lowest BCUT2D eigenvalue weighted by Gasteiger charge is -2.28. The molecule has 0 aromatic heterocycles. The molecule has 0 spiro atoms. The van der Waals surface area contributed by atoms with Crippen LogP contribution >= 0.6 is 0 Å². The molecule has 25 heavy (non-hydrogen) atoms. The lowest BCUT2D eigenvalue weighted by atomic mass is 10.1. The predicted octanol–water partition coefficient (Wildman–Crippen LogP) is 1.91. The molecule has 6 heteroatoms. The fourth-order valence-corrected chi connectivity index (χ4v) is 3.49. The van der Waals surface area contributed by atoms with Crippen LogP contribution in [0.2, 0.25) is 0 Å². The van der Waals surface area contributed by atoms with Crippen LogP contribution in [0.1, 0.15) is 38.7 Å². The molecule has 0 N–H and O–H groups in total. The Labute approximate surface area is 147 Å². The summed E-state index contributed by atoms with van der Waals surface area (Å²) in [6.07, 6.45) is 2.71. The van der Waals surface area contributed by atoms with E-state index >= 15 is 0 Å². The fourth-order valence-electron chi connectivity index (χ4n) is 3.49. The molecule has 0 aliphatic carbocycles. The Bertz CT molecular complexity index is 665. The van der Waals surface area contributed by atoms with E-state index in [4.69, 9.17) is 4.74 Å². The van der Waals surface area contributed by atoms with Gasteiger partial charge in [0.05, 0.1) is 18.2 Å². The first-order valence-electron chi connectivity index (χ1n) is 8.85. The van der Waals surface area contributed by atoms with E-state index in [0.29, 0.717) is 18.8 Å². The van der Waals surface area contributed by atoms with Crippen molar-refractivity contribution < 1.29 is 19.1 Å². The number of nitrogens with zero attached hydrogens (tertiary/aromatic N) is 2. The van der Waals surface area contributed by atoms with Crippen LogP contribution in [-0.4, -0.2) is 47.9 Å². The normalized spacial score (nSPS) is 23.4. The molecule has 2 saturated heterocycles. The van der Waals surface area contributed by atoms with Gasteiger partial charge in [-0.2, -0.15) is 0 Å². The third kappa shape index (κ3) is 3.58. The molecule has 3 rings (SSSR count). The number of carbonyl (C=O) groups excluding carboxylic acids is 3. The smallest absolute Gasteiger partial charge is 0.257 e. The van der Waals surface area contributed by atoms with Crippen LogP contribution in [0, 0.1) is 0 Å². The zero-order chi connectivity index (χ0) is 18.0. The minimum atomic E-state index is -0.736. The number of hydrogen-bond donors (Lipinski definition) is 0. The Morgan fingerprint density at radius 1 is 1.28 bits per heavy atom. The van der Waals surface area contributed by atoms with Crippen molar-refractivity contribution >= 4 is 23.4 Å². The summed E-state index contributed by atoms with van der Waals surface area (Å²) in [5, 5.41) is 0. The molecule has 2 fully saturated rings. The highest BCUT2D eigenvalue weighted by atomic mass is 16.5. The van der Waals surface area contributed by atoms with Crippen molar-refractivity contribution in [1.29, 1.82) is 0 Å². The van der Waals surface area contributed by atoms with Gasteiger partial charge >= 0.3 is 0 Å². The van der Waals surface area contributed by atoms with E-state index in [0.717, 1.165) is 24.8 Å². The first-order valence-corrected chi connectivity index (χ1v) is 8.85. The maximum absolute atomic E-state index is 12.9. The van der Waals surface area contributed by atoms with Gasteiger partial charge in [-0.15, -0.1) is 0 Å². The van der Waals surface area contributed by atoms with Crippen LogP contribution in [0.25, 0.3) is 0 Å². The monoisotopic (exact) mass is 344 g/mol. The number of aryl methyl sites for hydroxylation is 1. The minimum Gasteiger partial charge on any atom is -0.376 e. The molecular weight excluding hydrogens is 320 g/mol. The van der Waals surface area contributed by atoms with Gasteiger partial charge < -0.3 is 9.64 Å². The van der Waals surface area contributed by atoms with Crippen LogP contribution in [0.15, 0.2) is 24.3 Å². The van der Waals surface area contributed by atoms with E-state index in [1.54, 1.807) is 12.1 Å². The van der Waals surface area contributed by atoms with Crippen molar-refractivity contribution in [1.82, 2.24) is 4.90 Å². The summed E-state index contributed by atoms with van der Waals surface area (Å²) in [5.74, 6) is -0.801. The molecule has 0 unspecified atom stereocenters. The third-order valence-corrected chi connectivity index (χ3v) is 4.93. The standard InChI is InChI=1S/C19H24N2O4/c1-3-14-6-8-15(9-7-14)21-18(23)11-17(19(21)24)20(13(2)22)12-16-5-4-10-25-16/h6-9,16-17H,3-5,10-12H2,1-2H3/t16-,17-/m0/s1. The van der Waals surface area contributed by atoms with E-state index < -0.39 is 6.04 Å². The summed E-state index contributed by atoms with van der Waals surface area (Å²) in [6, 6.07) is 6.67. The van der Waals surface area contributed by atoms with Crippen LogP contribution in [0.4, 0.5) is 5.69 Å². The zero-order valence-corrected chi connectivity index (χ0v) is 14.7. The highest BCUT2D eigenvalue weighted by Crippen LogP contribution is 2.27. The molecule has 1 aromatic rings. The van der Waals surface area contributed by atoms with Crippen molar-refractivity contribution in [2.24, 2.45) is 0 Å². The predicted molar refractivity (Wildman–Crippen MR) is 93.1 cm³/mol. The number of amides is 3. The van der Waals surface area contributed by atoms with Crippen LogP contribution in [0.5, 0.6) is 0 Å². The lowest BCUT2D eigenvalue weighted by Crippen LogP contribution is -2.47. The molecule has 0 saturated carbocycles. The summed E-state index contributed by atoms with van der Waals surface area (Å²) in [5.41, 5.74) is 1.71. The van der Waals surface area contributed by atoms with E-state index in [-0.39, 0.29) is 30.2 Å². The third-order valence-electron chi connectivity index (χ3n) is 4.93. The molecule has 2 aliphatic heterocycles.